The van der Waals surface area contributed by atoms with E-state index in [-0.39, 0.29) is 6.03 Å². The number of aromatic amines is 1. The van der Waals surface area contributed by atoms with Crippen molar-refractivity contribution in [3.63, 3.8) is 0 Å². The van der Waals surface area contributed by atoms with Crippen LogP contribution in [0.15, 0.2) is 79.3 Å². The lowest BCUT2D eigenvalue weighted by atomic mass is 10.1. The topological polar surface area (TPSA) is 87.6 Å². The van der Waals surface area contributed by atoms with Crippen molar-refractivity contribution >= 4 is 54.0 Å². The van der Waals surface area contributed by atoms with Crippen molar-refractivity contribution in [3.8, 4) is 5.69 Å². The van der Waals surface area contributed by atoms with E-state index in [1.165, 1.54) is 5.56 Å². The molecular formula is C29H30N6OSi. The van der Waals surface area contributed by atoms with E-state index in [0.29, 0.717) is 11.5 Å². The highest BCUT2D eigenvalue weighted by Crippen LogP contribution is 2.25. The number of hydrogen-bond donors (Lipinski definition) is 3. The van der Waals surface area contributed by atoms with Crippen molar-refractivity contribution in [3.05, 3.63) is 95.9 Å². The van der Waals surface area contributed by atoms with Crippen molar-refractivity contribution in [1.82, 2.24) is 19.7 Å². The predicted octanol–water partition coefficient (Wildman–Crippen LogP) is 6.42. The molecule has 0 spiro atoms. The fourth-order valence-corrected chi connectivity index (χ4v) is 4.99. The highest BCUT2D eigenvalue weighted by molar-refractivity contribution is 6.88. The van der Waals surface area contributed by atoms with E-state index in [2.05, 4.69) is 53.2 Å². The first kappa shape index (κ1) is 24.3. The molecule has 2 aromatic carbocycles. The third kappa shape index (κ3) is 5.54. The maximum absolute atomic E-state index is 13.1. The summed E-state index contributed by atoms with van der Waals surface area (Å²) in [7, 11) is -1.69. The molecule has 0 aliphatic carbocycles. The smallest absolute Gasteiger partial charge is 0.324 e. The Morgan fingerprint density at radius 3 is 2.43 bits per heavy atom. The van der Waals surface area contributed by atoms with Crippen molar-refractivity contribution in [2.24, 2.45) is 0 Å². The van der Waals surface area contributed by atoms with Gasteiger partial charge in [-0.25, -0.2) is 9.48 Å². The molecule has 0 bridgehead atoms. The predicted molar refractivity (Wildman–Crippen MR) is 155 cm³/mol. The average molecular weight is 507 g/mol. The summed E-state index contributed by atoms with van der Waals surface area (Å²) in [5.74, 6) is 0.641. The number of urea groups is 1. The monoisotopic (exact) mass is 506 g/mol. The Morgan fingerprint density at radius 2 is 1.70 bits per heavy atom. The molecule has 0 fully saturated rings. The molecule has 37 heavy (non-hydrogen) atoms. The van der Waals surface area contributed by atoms with Gasteiger partial charge in [0.1, 0.15) is 13.9 Å². The first-order valence-electron chi connectivity index (χ1n) is 12.2. The number of hydrogen-bond acceptors (Lipinski definition) is 3. The van der Waals surface area contributed by atoms with Crippen LogP contribution in [0.1, 0.15) is 16.7 Å². The van der Waals surface area contributed by atoms with E-state index in [1.807, 2.05) is 77.6 Å². The Kier molecular flexibility index (Phi) is 6.50. The SMILES string of the molecule is Cc1ccc(-n2nc([Si](C)(C)C)cc2NC(=O)Nc2ccc3[nH]cc(/C=C/c4ccncc4)c3c2)cc1. The standard InChI is InChI=1S/C29H30N6OSi/c1-20-5-10-24(11-6-20)35-27(18-28(34-35)37(2,3)4)33-29(36)32-23-9-12-26-25(17-23)22(19-31-26)8-7-21-13-15-30-16-14-21/h5-19,31H,1-4H3,(H2,32,33,36)/b8-7+. The molecule has 186 valence electrons. The van der Waals surface area contributed by atoms with Crippen molar-refractivity contribution in [2.45, 2.75) is 26.6 Å². The Labute approximate surface area is 217 Å². The molecule has 3 N–H and O–H groups in total. The number of carbonyl (C=O) groups is 1. The molecule has 0 saturated heterocycles. The summed E-state index contributed by atoms with van der Waals surface area (Å²) < 4.78 is 1.81. The third-order valence-electron chi connectivity index (χ3n) is 6.13. The Bertz CT molecular complexity index is 1580. The number of pyridine rings is 1. The van der Waals surface area contributed by atoms with Crippen LogP contribution in [-0.2, 0) is 0 Å². The van der Waals surface area contributed by atoms with Gasteiger partial charge in [-0.15, -0.1) is 0 Å². The minimum Gasteiger partial charge on any atom is -0.361 e. The van der Waals surface area contributed by atoms with Crippen LogP contribution in [-0.4, -0.2) is 33.9 Å². The van der Waals surface area contributed by atoms with E-state index in [4.69, 9.17) is 5.10 Å². The second-order valence-corrected chi connectivity index (χ2v) is 15.1. The van der Waals surface area contributed by atoms with Gasteiger partial charge in [0.2, 0.25) is 0 Å². The van der Waals surface area contributed by atoms with Gasteiger partial charge < -0.3 is 10.3 Å². The van der Waals surface area contributed by atoms with Crippen molar-refractivity contribution in [2.75, 3.05) is 10.6 Å². The van der Waals surface area contributed by atoms with E-state index in [0.717, 1.165) is 33.0 Å². The molecule has 0 radical (unpaired) electrons. The van der Waals surface area contributed by atoms with Crippen LogP contribution in [0.4, 0.5) is 16.3 Å². The molecule has 5 rings (SSSR count). The zero-order valence-electron chi connectivity index (χ0n) is 21.4. The van der Waals surface area contributed by atoms with Gasteiger partial charge >= 0.3 is 6.03 Å². The molecule has 2 amide bonds. The highest BCUT2D eigenvalue weighted by Gasteiger charge is 2.23. The second kappa shape index (κ2) is 9.91. The number of aromatic nitrogens is 4. The van der Waals surface area contributed by atoms with E-state index in [1.54, 1.807) is 12.4 Å². The number of fused-ring (bicyclic) bond motifs is 1. The maximum atomic E-state index is 13.1. The normalized spacial score (nSPS) is 11.8. The Morgan fingerprint density at radius 1 is 0.946 bits per heavy atom. The van der Waals surface area contributed by atoms with Crippen LogP contribution in [0.2, 0.25) is 19.6 Å². The van der Waals surface area contributed by atoms with E-state index in [9.17, 15) is 4.79 Å². The van der Waals surface area contributed by atoms with E-state index >= 15 is 0 Å². The zero-order chi connectivity index (χ0) is 26.0. The lowest BCUT2D eigenvalue weighted by Gasteiger charge is -2.11. The minimum atomic E-state index is -1.69. The van der Waals surface area contributed by atoms with Crippen molar-refractivity contribution < 1.29 is 4.79 Å². The number of benzene rings is 2. The number of amides is 2. The van der Waals surface area contributed by atoms with Crippen LogP contribution in [0, 0.1) is 6.92 Å². The third-order valence-corrected chi connectivity index (χ3v) is 7.91. The second-order valence-electron chi connectivity index (χ2n) is 10.1. The molecule has 0 saturated carbocycles. The van der Waals surface area contributed by atoms with Gasteiger partial charge in [-0.1, -0.05) is 49.5 Å². The van der Waals surface area contributed by atoms with Gasteiger partial charge in [0.15, 0.2) is 0 Å². The molecule has 0 aliphatic heterocycles. The Balaban J connectivity index is 1.38. The molecule has 3 aromatic heterocycles. The van der Waals surface area contributed by atoms with Crippen LogP contribution in [0.25, 0.3) is 28.7 Å². The number of rotatable bonds is 6. The van der Waals surface area contributed by atoms with Gasteiger partial charge in [0.05, 0.1) is 5.69 Å². The molecule has 7 nitrogen and oxygen atoms in total. The van der Waals surface area contributed by atoms with Gasteiger partial charge in [-0.05, 0) is 66.6 Å². The lowest BCUT2D eigenvalue weighted by molar-refractivity contribution is 0.262. The van der Waals surface area contributed by atoms with Gasteiger partial charge in [-0.3, -0.25) is 10.3 Å². The summed E-state index contributed by atoms with van der Waals surface area (Å²) >= 11 is 0. The average Bonchev–Trinajstić information content (AvgIpc) is 3.48. The molecule has 0 atom stereocenters. The molecule has 3 heterocycles. The summed E-state index contributed by atoms with van der Waals surface area (Å²) in [4.78, 5) is 20.4. The summed E-state index contributed by atoms with van der Waals surface area (Å²) in [6, 6.07) is 19.5. The molecule has 0 unspecified atom stereocenters. The number of nitrogens with zero attached hydrogens (tertiary/aromatic N) is 3. The lowest BCUT2D eigenvalue weighted by Crippen LogP contribution is -2.39. The first-order valence-corrected chi connectivity index (χ1v) is 15.7. The fourth-order valence-electron chi connectivity index (χ4n) is 4.02. The minimum absolute atomic E-state index is 0.320. The summed E-state index contributed by atoms with van der Waals surface area (Å²) in [5, 5.41) is 12.9. The number of nitrogens with one attached hydrogen (secondary N) is 3. The summed E-state index contributed by atoms with van der Waals surface area (Å²) in [6.45, 7) is 8.77. The van der Waals surface area contributed by atoms with Crippen molar-refractivity contribution in [1.29, 1.82) is 0 Å². The molecule has 0 aliphatic rings. The van der Waals surface area contributed by atoms with Crippen LogP contribution < -0.4 is 16.0 Å². The number of aryl methyl sites for hydroxylation is 1. The molecular weight excluding hydrogens is 476 g/mol. The fraction of sp³-hybridized carbons (Fsp3) is 0.138. The number of H-pyrrole nitrogens is 1. The van der Waals surface area contributed by atoms with Crippen LogP contribution in [0.5, 0.6) is 0 Å². The van der Waals surface area contributed by atoms with Gasteiger partial charge in [0.25, 0.3) is 0 Å². The van der Waals surface area contributed by atoms with Crippen LogP contribution >= 0.6 is 0 Å². The van der Waals surface area contributed by atoms with Crippen LogP contribution in [0.3, 0.4) is 0 Å². The summed E-state index contributed by atoms with van der Waals surface area (Å²) in [5.41, 5.74) is 5.88. The number of carbonyl (C=O) groups excluding carboxylic acids is 1. The van der Waals surface area contributed by atoms with Gasteiger partial charge in [-0.2, -0.15) is 5.10 Å². The van der Waals surface area contributed by atoms with E-state index < -0.39 is 8.07 Å². The zero-order valence-corrected chi connectivity index (χ0v) is 22.4. The largest absolute Gasteiger partial charge is 0.361 e. The maximum Gasteiger partial charge on any atom is 0.324 e. The summed E-state index contributed by atoms with van der Waals surface area (Å²) in [6.07, 6.45) is 9.60. The Hall–Kier alpha value is -4.43. The number of anilines is 2. The highest BCUT2D eigenvalue weighted by atomic mass is 28.3. The molecule has 5 aromatic rings. The molecule has 8 heteroatoms. The quantitative estimate of drug-likeness (QED) is 0.232. The first-order chi connectivity index (χ1) is 17.8. The van der Waals surface area contributed by atoms with Gasteiger partial charge in [0, 0.05) is 40.5 Å².